The molecule has 2 unspecified atom stereocenters. The molecule has 0 aliphatic heterocycles. The highest BCUT2D eigenvalue weighted by Crippen LogP contribution is 2.35. The third-order valence-corrected chi connectivity index (χ3v) is 4.05. The van der Waals surface area contributed by atoms with Crippen LogP contribution in [-0.4, -0.2) is 55.0 Å². The molecule has 1 aliphatic carbocycles. The summed E-state index contributed by atoms with van der Waals surface area (Å²) in [6.07, 6.45) is 4.23. The van der Waals surface area contributed by atoms with E-state index in [-0.39, 0.29) is 11.3 Å². The van der Waals surface area contributed by atoms with Crippen LogP contribution in [-0.2, 0) is 14.3 Å². The lowest BCUT2D eigenvalue weighted by Crippen LogP contribution is -2.50. The SMILES string of the molecule is CC(C)OC(=O)Oc1ccccc1C(=O)C1(OC(=O)N(C)C)C=CC=CC1C=O. The van der Waals surface area contributed by atoms with Crippen molar-refractivity contribution < 1.29 is 33.4 Å². The third kappa shape index (κ3) is 4.90. The van der Waals surface area contributed by atoms with Gasteiger partial charge in [-0.3, -0.25) is 4.79 Å². The van der Waals surface area contributed by atoms with Crippen LogP contribution in [0.5, 0.6) is 5.75 Å². The maximum Gasteiger partial charge on any atom is 0.514 e. The van der Waals surface area contributed by atoms with Crippen LogP contribution in [0.4, 0.5) is 9.59 Å². The summed E-state index contributed by atoms with van der Waals surface area (Å²) in [5.41, 5.74) is -1.95. The molecule has 2 atom stereocenters. The molecule has 2 rings (SSSR count). The van der Waals surface area contributed by atoms with Crippen LogP contribution >= 0.6 is 0 Å². The monoisotopic (exact) mass is 401 g/mol. The summed E-state index contributed by atoms with van der Waals surface area (Å²) in [5, 5.41) is 0. The highest BCUT2D eigenvalue weighted by atomic mass is 16.7. The minimum Gasteiger partial charge on any atom is -0.431 e. The van der Waals surface area contributed by atoms with Gasteiger partial charge in [-0.1, -0.05) is 30.4 Å². The predicted octanol–water partition coefficient (Wildman–Crippen LogP) is 3.17. The van der Waals surface area contributed by atoms with Crippen LogP contribution in [0.3, 0.4) is 0 Å². The number of rotatable bonds is 6. The first-order valence-corrected chi connectivity index (χ1v) is 8.95. The number of nitrogens with zero attached hydrogens (tertiary/aromatic N) is 1. The smallest absolute Gasteiger partial charge is 0.431 e. The molecule has 1 aromatic rings. The fraction of sp³-hybridized carbons (Fsp3) is 0.333. The summed E-state index contributed by atoms with van der Waals surface area (Å²) in [6, 6.07) is 5.96. The number of allylic oxidation sites excluding steroid dienone is 2. The lowest BCUT2D eigenvalue weighted by Gasteiger charge is -2.35. The average Bonchev–Trinajstić information content (AvgIpc) is 2.67. The van der Waals surface area contributed by atoms with Gasteiger partial charge in [0.1, 0.15) is 12.0 Å². The van der Waals surface area contributed by atoms with Gasteiger partial charge in [0, 0.05) is 14.1 Å². The Morgan fingerprint density at radius 3 is 2.45 bits per heavy atom. The lowest BCUT2D eigenvalue weighted by atomic mass is 9.78. The third-order valence-electron chi connectivity index (χ3n) is 4.05. The van der Waals surface area contributed by atoms with Gasteiger partial charge in [-0.05, 0) is 32.1 Å². The predicted molar refractivity (Wildman–Crippen MR) is 104 cm³/mol. The Morgan fingerprint density at radius 2 is 1.83 bits per heavy atom. The molecular formula is C21H23NO7. The van der Waals surface area contributed by atoms with E-state index in [1.165, 1.54) is 44.5 Å². The topological polar surface area (TPSA) is 99.2 Å². The number of para-hydroxylation sites is 1. The van der Waals surface area contributed by atoms with Crippen molar-refractivity contribution in [2.75, 3.05) is 14.1 Å². The van der Waals surface area contributed by atoms with Crippen molar-refractivity contribution in [2.24, 2.45) is 5.92 Å². The molecule has 0 aromatic heterocycles. The summed E-state index contributed by atoms with van der Waals surface area (Å²) < 4.78 is 15.6. The minimum absolute atomic E-state index is 0.0356. The Morgan fingerprint density at radius 1 is 1.14 bits per heavy atom. The van der Waals surface area contributed by atoms with E-state index in [0.29, 0.717) is 6.29 Å². The van der Waals surface area contributed by atoms with Crippen LogP contribution in [0.25, 0.3) is 0 Å². The second kappa shape index (κ2) is 9.18. The first-order valence-electron chi connectivity index (χ1n) is 8.95. The van der Waals surface area contributed by atoms with Crippen molar-refractivity contribution >= 4 is 24.3 Å². The van der Waals surface area contributed by atoms with E-state index in [9.17, 15) is 19.2 Å². The molecule has 0 heterocycles. The summed E-state index contributed by atoms with van der Waals surface area (Å²) in [5.74, 6) is -1.84. The quantitative estimate of drug-likeness (QED) is 0.312. The fourth-order valence-corrected chi connectivity index (χ4v) is 2.65. The zero-order chi connectivity index (χ0) is 21.6. The van der Waals surface area contributed by atoms with E-state index < -0.39 is 35.7 Å². The van der Waals surface area contributed by atoms with Crippen LogP contribution in [0.2, 0.25) is 0 Å². The summed E-state index contributed by atoms with van der Waals surface area (Å²) in [6.45, 7) is 3.31. The molecule has 1 aliphatic rings. The molecule has 0 bridgehead atoms. The molecule has 29 heavy (non-hydrogen) atoms. The van der Waals surface area contributed by atoms with Crippen LogP contribution < -0.4 is 4.74 Å². The van der Waals surface area contributed by atoms with E-state index in [4.69, 9.17) is 14.2 Å². The number of carbonyl (C=O) groups excluding carboxylic acids is 4. The molecule has 0 N–H and O–H groups in total. The number of ketones is 1. The molecule has 0 saturated carbocycles. The standard InChI is InChI=1S/C21H23NO7/c1-14(2)27-20(26)28-17-11-6-5-10-16(17)18(24)21(29-19(25)22(3)4)12-8-7-9-15(21)13-23/h5-15H,1-4H3. The van der Waals surface area contributed by atoms with Gasteiger partial charge in [0.25, 0.3) is 0 Å². The van der Waals surface area contributed by atoms with E-state index in [0.717, 1.165) is 4.90 Å². The molecule has 0 fully saturated rings. The first-order chi connectivity index (χ1) is 13.7. The summed E-state index contributed by atoms with van der Waals surface area (Å²) >= 11 is 0. The van der Waals surface area contributed by atoms with Gasteiger partial charge in [0.15, 0.2) is 0 Å². The molecule has 8 nitrogen and oxygen atoms in total. The van der Waals surface area contributed by atoms with Gasteiger partial charge >= 0.3 is 12.2 Å². The number of ether oxygens (including phenoxy) is 3. The Bertz CT molecular complexity index is 856. The van der Waals surface area contributed by atoms with Gasteiger partial charge in [-0.2, -0.15) is 0 Å². The van der Waals surface area contributed by atoms with E-state index in [1.54, 1.807) is 32.1 Å². The molecule has 154 valence electrons. The van der Waals surface area contributed by atoms with Crippen LogP contribution in [0, 0.1) is 5.92 Å². The number of benzene rings is 1. The first kappa shape index (κ1) is 21.9. The van der Waals surface area contributed by atoms with Crippen LogP contribution in [0.15, 0.2) is 48.6 Å². The second-order valence-corrected chi connectivity index (χ2v) is 6.81. The maximum absolute atomic E-state index is 13.5. The molecule has 8 heteroatoms. The largest absolute Gasteiger partial charge is 0.514 e. The highest BCUT2D eigenvalue weighted by Gasteiger charge is 2.49. The number of hydrogen-bond acceptors (Lipinski definition) is 7. The number of hydrogen-bond donors (Lipinski definition) is 0. The van der Waals surface area contributed by atoms with Crippen molar-refractivity contribution in [1.29, 1.82) is 0 Å². The van der Waals surface area contributed by atoms with Gasteiger partial charge in [-0.15, -0.1) is 0 Å². The van der Waals surface area contributed by atoms with Crippen molar-refractivity contribution in [3.63, 3.8) is 0 Å². The molecule has 0 saturated heterocycles. The maximum atomic E-state index is 13.5. The van der Waals surface area contributed by atoms with Crippen molar-refractivity contribution in [1.82, 2.24) is 4.90 Å². The van der Waals surface area contributed by atoms with E-state index >= 15 is 0 Å². The molecule has 1 aromatic carbocycles. The minimum atomic E-state index is -1.92. The van der Waals surface area contributed by atoms with Gasteiger partial charge in [-0.25, -0.2) is 9.59 Å². The van der Waals surface area contributed by atoms with Crippen LogP contribution in [0.1, 0.15) is 24.2 Å². The Kier molecular flexibility index (Phi) is 6.93. The normalized spacial score (nSPS) is 20.1. The Hall–Kier alpha value is -3.42. The number of amides is 1. The van der Waals surface area contributed by atoms with Crippen molar-refractivity contribution in [3.05, 3.63) is 54.1 Å². The summed E-state index contributed by atoms with van der Waals surface area (Å²) in [4.78, 5) is 50.5. The van der Waals surface area contributed by atoms with E-state index in [1.807, 2.05) is 0 Å². The number of aldehydes is 1. The Labute approximate surface area is 168 Å². The van der Waals surface area contributed by atoms with Crippen molar-refractivity contribution in [2.45, 2.75) is 25.6 Å². The number of carbonyl (C=O) groups is 4. The number of Topliss-reactive ketones (excluding diaryl/α,β-unsaturated/α-hetero) is 1. The average molecular weight is 401 g/mol. The Balaban J connectivity index is 2.49. The van der Waals surface area contributed by atoms with Crippen molar-refractivity contribution in [3.8, 4) is 5.75 Å². The zero-order valence-electron chi connectivity index (χ0n) is 16.7. The van der Waals surface area contributed by atoms with Gasteiger partial charge < -0.3 is 23.9 Å². The molecular weight excluding hydrogens is 378 g/mol. The van der Waals surface area contributed by atoms with E-state index in [2.05, 4.69) is 0 Å². The van der Waals surface area contributed by atoms with Gasteiger partial charge in [0.2, 0.25) is 11.4 Å². The molecule has 1 amide bonds. The molecule has 0 radical (unpaired) electrons. The second-order valence-electron chi connectivity index (χ2n) is 6.81. The molecule has 0 spiro atoms. The van der Waals surface area contributed by atoms with Gasteiger partial charge in [0.05, 0.1) is 17.6 Å². The highest BCUT2D eigenvalue weighted by molar-refractivity contribution is 6.09. The summed E-state index contributed by atoms with van der Waals surface area (Å²) in [7, 11) is 2.91. The fourth-order valence-electron chi connectivity index (χ4n) is 2.65. The lowest BCUT2D eigenvalue weighted by molar-refractivity contribution is -0.114. The zero-order valence-corrected chi connectivity index (χ0v) is 16.7.